The van der Waals surface area contributed by atoms with Crippen LogP contribution in [-0.4, -0.2) is 34.0 Å². The Kier molecular flexibility index (Phi) is 6.41. The summed E-state index contributed by atoms with van der Waals surface area (Å²) in [5, 5.41) is 2.94. The number of amides is 1. The van der Waals surface area contributed by atoms with Gasteiger partial charge in [0.1, 0.15) is 5.82 Å². The van der Waals surface area contributed by atoms with Crippen LogP contribution in [-0.2, 0) is 10.0 Å². The standard InChI is InChI=1S/C24H24FN3O3S/c25-20-9-11-22(12-10-20)28-14-13-18(17-28)16-26-24(29)19-5-4-6-21(15-19)27-32(30,31)23-7-2-1-3-8-23/h1-12,15,18,27H,13-14,16-17H2,(H,26,29). The molecule has 1 aliphatic rings. The summed E-state index contributed by atoms with van der Waals surface area (Å²) in [5.41, 5.74) is 1.68. The second kappa shape index (κ2) is 9.40. The molecule has 3 aromatic carbocycles. The van der Waals surface area contributed by atoms with Crippen molar-refractivity contribution in [1.82, 2.24) is 5.32 Å². The number of anilines is 2. The molecular weight excluding hydrogens is 429 g/mol. The van der Waals surface area contributed by atoms with Crippen molar-refractivity contribution in [2.45, 2.75) is 11.3 Å². The molecule has 1 atom stereocenters. The molecule has 1 heterocycles. The van der Waals surface area contributed by atoms with E-state index in [0.29, 0.717) is 17.8 Å². The topological polar surface area (TPSA) is 78.5 Å². The number of sulfonamides is 1. The zero-order valence-corrected chi connectivity index (χ0v) is 18.2. The lowest BCUT2D eigenvalue weighted by molar-refractivity contribution is 0.0948. The summed E-state index contributed by atoms with van der Waals surface area (Å²) < 4.78 is 40.7. The molecule has 4 rings (SSSR count). The average molecular weight is 454 g/mol. The maximum atomic E-state index is 13.1. The number of nitrogens with one attached hydrogen (secondary N) is 2. The maximum absolute atomic E-state index is 13.1. The van der Waals surface area contributed by atoms with Crippen LogP contribution in [0, 0.1) is 11.7 Å². The second-order valence-corrected chi connectivity index (χ2v) is 9.47. The third kappa shape index (κ3) is 5.26. The average Bonchev–Trinajstić information content (AvgIpc) is 3.27. The minimum atomic E-state index is -3.73. The van der Waals surface area contributed by atoms with Gasteiger partial charge in [0.25, 0.3) is 15.9 Å². The van der Waals surface area contributed by atoms with E-state index in [9.17, 15) is 17.6 Å². The molecule has 166 valence electrons. The first-order chi connectivity index (χ1) is 15.4. The summed E-state index contributed by atoms with van der Waals surface area (Å²) in [6, 6.07) is 20.9. The van der Waals surface area contributed by atoms with Gasteiger partial charge in [0.15, 0.2) is 0 Å². The highest BCUT2D eigenvalue weighted by atomic mass is 32.2. The predicted molar refractivity (Wildman–Crippen MR) is 123 cm³/mol. The van der Waals surface area contributed by atoms with Crippen LogP contribution in [0.1, 0.15) is 16.8 Å². The molecule has 1 unspecified atom stereocenters. The minimum absolute atomic E-state index is 0.154. The molecule has 0 bridgehead atoms. The van der Waals surface area contributed by atoms with Crippen LogP contribution in [0.15, 0.2) is 83.8 Å². The Bertz CT molecular complexity index is 1180. The van der Waals surface area contributed by atoms with Crippen molar-refractivity contribution in [2.24, 2.45) is 5.92 Å². The molecular formula is C24H24FN3O3S. The lowest BCUT2D eigenvalue weighted by Gasteiger charge is -2.19. The molecule has 32 heavy (non-hydrogen) atoms. The number of hydrogen-bond acceptors (Lipinski definition) is 4. The number of carbonyl (C=O) groups is 1. The second-order valence-electron chi connectivity index (χ2n) is 7.79. The third-order valence-corrected chi connectivity index (χ3v) is 6.86. The first-order valence-corrected chi connectivity index (χ1v) is 11.9. The number of hydrogen-bond donors (Lipinski definition) is 2. The quantitative estimate of drug-likeness (QED) is 0.569. The summed E-state index contributed by atoms with van der Waals surface area (Å²) in [4.78, 5) is 15.0. The van der Waals surface area contributed by atoms with E-state index in [2.05, 4.69) is 14.9 Å². The highest BCUT2D eigenvalue weighted by Gasteiger charge is 2.23. The van der Waals surface area contributed by atoms with E-state index >= 15 is 0 Å². The fraction of sp³-hybridized carbons (Fsp3) is 0.208. The van der Waals surface area contributed by atoms with E-state index in [0.717, 1.165) is 25.2 Å². The highest BCUT2D eigenvalue weighted by molar-refractivity contribution is 7.92. The van der Waals surface area contributed by atoms with Crippen molar-refractivity contribution in [2.75, 3.05) is 29.3 Å². The molecule has 6 nitrogen and oxygen atoms in total. The van der Waals surface area contributed by atoms with E-state index < -0.39 is 10.0 Å². The fourth-order valence-electron chi connectivity index (χ4n) is 3.76. The summed E-state index contributed by atoms with van der Waals surface area (Å²) in [6.45, 7) is 2.14. The molecule has 0 saturated carbocycles. The molecule has 1 fully saturated rings. The Morgan fingerprint density at radius 1 is 1.00 bits per heavy atom. The monoisotopic (exact) mass is 453 g/mol. The molecule has 1 aliphatic heterocycles. The van der Waals surface area contributed by atoms with Gasteiger partial charge in [-0.2, -0.15) is 0 Å². The van der Waals surface area contributed by atoms with Crippen LogP contribution in [0.4, 0.5) is 15.8 Å². The van der Waals surface area contributed by atoms with Crippen molar-refractivity contribution >= 4 is 27.3 Å². The van der Waals surface area contributed by atoms with E-state index in [1.807, 2.05) is 0 Å². The molecule has 0 aliphatic carbocycles. The predicted octanol–water partition coefficient (Wildman–Crippen LogP) is 3.88. The van der Waals surface area contributed by atoms with Gasteiger partial charge in [-0.25, -0.2) is 12.8 Å². The smallest absolute Gasteiger partial charge is 0.261 e. The summed E-state index contributed by atoms with van der Waals surface area (Å²) in [5.74, 6) is -0.236. The Labute approximate surface area is 187 Å². The molecule has 2 N–H and O–H groups in total. The van der Waals surface area contributed by atoms with Gasteiger partial charge >= 0.3 is 0 Å². The van der Waals surface area contributed by atoms with Gasteiger partial charge < -0.3 is 10.2 Å². The van der Waals surface area contributed by atoms with Gasteiger partial charge in [-0.1, -0.05) is 24.3 Å². The van der Waals surface area contributed by atoms with Crippen LogP contribution in [0.5, 0.6) is 0 Å². The molecule has 3 aromatic rings. The normalized spacial score (nSPS) is 16.0. The van der Waals surface area contributed by atoms with Crippen LogP contribution >= 0.6 is 0 Å². The van der Waals surface area contributed by atoms with Crippen molar-refractivity contribution in [3.8, 4) is 0 Å². The van der Waals surface area contributed by atoms with E-state index in [1.54, 1.807) is 48.5 Å². The van der Waals surface area contributed by atoms with Gasteiger partial charge in [0.05, 0.1) is 4.90 Å². The Hall–Kier alpha value is -3.39. The molecule has 8 heteroatoms. The molecule has 0 spiro atoms. The highest BCUT2D eigenvalue weighted by Crippen LogP contribution is 2.24. The molecule has 0 aromatic heterocycles. The minimum Gasteiger partial charge on any atom is -0.371 e. The zero-order chi connectivity index (χ0) is 22.6. The summed E-state index contributed by atoms with van der Waals surface area (Å²) in [6.07, 6.45) is 0.925. The number of halogens is 1. The molecule has 1 amide bonds. The lowest BCUT2D eigenvalue weighted by Crippen LogP contribution is -2.31. The summed E-state index contributed by atoms with van der Waals surface area (Å²) in [7, 11) is -3.73. The van der Waals surface area contributed by atoms with Crippen LogP contribution in [0.25, 0.3) is 0 Å². The number of rotatable bonds is 7. The Balaban J connectivity index is 1.34. The van der Waals surface area contributed by atoms with Crippen LogP contribution in [0.3, 0.4) is 0 Å². The fourth-order valence-corrected chi connectivity index (χ4v) is 4.83. The number of nitrogens with zero attached hydrogens (tertiary/aromatic N) is 1. The van der Waals surface area contributed by atoms with Gasteiger partial charge in [-0.05, 0) is 66.9 Å². The Morgan fingerprint density at radius 2 is 1.75 bits per heavy atom. The van der Waals surface area contributed by atoms with Gasteiger partial charge in [-0.15, -0.1) is 0 Å². The number of benzene rings is 3. The van der Waals surface area contributed by atoms with Crippen LogP contribution < -0.4 is 14.9 Å². The SMILES string of the molecule is O=C(NCC1CCN(c2ccc(F)cc2)C1)c1cccc(NS(=O)(=O)c2ccccc2)c1. The number of carbonyl (C=O) groups excluding carboxylic acids is 1. The van der Waals surface area contributed by atoms with Gasteiger partial charge in [0.2, 0.25) is 0 Å². The van der Waals surface area contributed by atoms with Crippen molar-refractivity contribution in [3.63, 3.8) is 0 Å². The van der Waals surface area contributed by atoms with Gasteiger partial charge in [-0.3, -0.25) is 9.52 Å². The lowest BCUT2D eigenvalue weighted by atomic mass is 10.1. The Morgan fingerprint density at radius 3 is 2.50 bits per heavy atom. The third-order valence-electron chi connectivity index (χ3n) is 5.46. The largest absolute Gasteiger partial charge is 0.371 e. The van der Waals surface area contributed by atoms with E-state index in [4.69, 9.17) is 0 Å². The first kappa shape index (κ1) is 21.8. The molecule has 0 radical (unpaired) electrons. The maximum Gasteiger partial charge on any atom is 0.261 e. The van der Waals surface area contributed by atoms with Crippen LogP contribution in [0.2, 0.25) is 0 Å². The van der Waals surface area contributed by atoms with E-state index in [-0.39, 0.29) is 22.5 Å². The van der Waals surface area contributed by atoms with Crippen molar-refractivity contribution in [3.05, 3.63) is 90.2 Å². The first-order valence-electron chi connectivity index (χ1n) is 10.4. The van der Waals surface area contributed by atoms with Crippen molar-refractivity contribution < 1.29 is 17.6 Å². The van der Waals surface area contributed by atoms with Crippen molar-refractivity contribution in [1.29, 1.82) is 0 Å². The zero-order valence-electron chi connectivity index (χ0n) is 17.4. The van der Waals surface area contributed by atoms with E-state index in [1.165, 1.54) is 30.3 Å². The summed E-state index contributed by atoms with van der Waals surface area (Å²) >= 11 is 0. The van der Waals surface area contributed by atoms with Gasteiger partial charge in [0, 0.05) is 36.6 Å². The molecule has 1 saturated heterocycles.